The minimum Gasteiger partial charge on any atom is -0.382 e. The highest BCUT2D eigenvalue weighted by Crippen LogP contribution is 2.21. The van der Waals surface area contributed by atoms with Crippen molar-refractivity contribution >= 4 is 5.96 Å². The lowest BCUT2D eigenvalue weighted by Crippen LogP contribution is -2.46. The molecule has 1 aliphatic rings. The first kappa shape index (κ1) is 22.5. The molecule has 1 aromatic carbocycles. The van der Waals surface area contributed by atoms with Gasteiger partial charge < -0.3 is 24.8 Å². The van der Waals surface area contributed by atoms with Gasteiger partial charge in [-0.15, -0.1) is 0 Å². The molecule has 1 saturated heterocycles. The number of morpholine rings is 1. The molecule has 7 nitrogen and oxygen atoms in total. The molecule has 1 aliphatic heterocycles. The van der Waals surface area contributed by atoms with Gasteiger partial charge in [0.25, 0.3) is 0 Å². The number of ether oxygens (including phenoxy) is 3. The fraction of sp³-hybridized carbons (Fsp3) is 0.650. The number of hydrogen-bond donors (Lipinski definition) is 2. The van der Waals surface area contributed by atoms with Crippen molar-refractivity contribution in [2.24, 2.45) is 4.99 Å². The third-order valence-corrected chi connectivity index (χ3v) is 4.62. The summed E-state index contributed by atoms with van der Waals surface area (Å²) in [5.74, 6) is 0.528. The lowest BCUT2D eigenvalue weighted by Gasteiger charge is -2.35. The zero-order valence-corrected chi connectivity index (χ0v) is 17.0. The standard InChI is InChI=1S/C20H33FN4O3/c1-22-20(23-8-3-11-27-15-14-26-2)24-16-19(25-9-12-28-13-10-25)17-4-6-18(21)7-5-17/h4-7,19H,3,8-16H2,1-2H3,(H2,22,23,24). The number of aliphatic imine (C=N–C) groups is 1. The average Bonchev–Trinajstić information content (AvgIpc) is 2.73. The van der Waals surface area contributed by atoms with Crippen molar-refractivity contribution in [2.75, 3.05) is 73.4 Å². The van der Waals surface area contributed by atoms with Crippen LogP contribution in [-0.4, -0.2) is 84.2 Å². The monoisotopic (exact) mass is 396 g/mol. The van der Waals surface area contributed by atoms with Gasteiger partial charge in [-0.25, -0.2) is 4.39 Å². The first-order valence-corrected chi connectivity index (χ1v) is 9.83. The highest BCUT2D eigenvalue weighted by molar-refractivity contribution is 5.79. The number of rotatable bonds is 11. The molecule has 8 heteroatoms. The Morgan fingerprint density at radius 3 is 2.61 bits per heavy atom. The molecule has 0 bridgehead atoms. The van der Waals surface area contributed by atoms with Crippen LogP contribution in [0.3, 0.4) is 0 Å². The molecule has 0 amide bonds. The van der Waals surface area contributed by atoms with E-state index >= 15 is 0 Å². The van der Waals surface area contributed by atoms with Gasteiger partial charge in [0.05, 0.1) is 32.5 Å². The number of hydrogen-bond acceptors (Lipinski definition) is 5. The van der Waals surface area contributed by atoms with Crippen molar-refractivity contribution in [3.05, 3.63) is 35.6 Å². The summed E-state index contributed by atoms with van der Waals surface area (Å²) in [5.41, 5.74) is 1.08. The maximum Gasteiger partial charge on any atom is 0.191 e. The Labute approximate surface area is 167 Å². The summed E-state index contributed by atoms with van der Waals surface area (Å²) >= 11 is 0. The van der Waals surface area contributed by atoms with Gasteiger partial charge >= 0.3 is 0 Å². The van der Waals surface area contributed by atoms with E-state index in [1.54, 1.807) is 14.2 Å². The SMILES string of the molecule is CN=C(NCCCOCCOC)NCC(c1ccc(F)cc1)N1CCOCC1. The fourth-order valence-electron chi connectivity index (χ4n) is 3.07. The van der Waals surface area contributed by atoms with E-state index < -0.39 is 0 Å². The second-order valence-corrected chi connectivity index (χ2v) is 6.55. The van der Waals surface area contributed by atoms with Gasteiger partial charge in [-0.05, 0) is 24.1 Å². The molecule has 1 atom stereocenters. The molecule has 0 saturated carbocycles. The first-order valence-electron chi connectivity index (χ1n) is 9.83. The third kappa shape index (κ3) is 8.10. The number of halogens is 1. The minimum absolute atomic E-state index is 0.125. The zero-order chi connectivity index (χ0) is 20.0. The lowest BCUT2D eigenvalue weighted by molar-refractivity contribution is 0.0170. The molecule has 0 radical (unpaired) electrons. The number of methoxy groups -OCH3 is 1. The van der Waals surface area contributed by atoms with E-state index in [-0.39, 0.29) is 11.9 Å². The highest BCUT2D eigenvalue weighted by Gasteiger charge is 2.23. The van der Waals surface area contributed by atoms with Crippen LogP contribution in [0.4, 0.5) is 4.39 Å². The zero-order valence-electron chi connectivity index (χ0n) is 17.0. The quantitative estimate of drug-likeness (QED) is 0.335. The van der Waals surface area contributed by atoms with Gasteiger partial charge in [-0.3, -0.25) is 9.89 Å². The summed E-state index contributed by atoms with van der Waals surface area (Å²) in [6, 6.07) is 6.86. The van der Waals surface area contributed by atoms with Crippen LogP contribution in [0.15, 0.2) is 29.3 Å². The Kier molecular flexibility index (Phi) is 10.8. The number of nitrogens with zero attached hydrogens (tertiary/aromatic N) is 2. The Morgan fingerprint density at radius 2 is 1.93 bits per heavy atom. The molecular formula is C20H33FN4O3. The van der Waals surface area contributed by atoms with E-state index in [2.05, 4.69) is 20.5 Å². The molecule has 1 unspecified atom stereocenters. The van der Waals surface area contributed by atoms with Crippen molar-refractivity contribution in [1.29, 1.82) is 0 Å². The third-order valence-electron chi connectivity index (χ3n) is 4.62. The second kappa shape index (κ2) is 13.4. The summed E-state index contributed by atoms with van der Waals surface area (Å²) in [5, 5.41) is 6.70. The van der Waals surface area contributed by atoms with Crippen molar-refractivity contribution < 1.29 is 18.6 Å². The van der Waals surface area contributed by atoms with Gasteiger partial charge in [-0.1, -0.05) is 12.1 Å². The maximum atomic E-state index is 13.3. The first-order chi connectivity index (χ1) is 13.7. The number of guanidine groups is 1. The molecule has 2 rings (SSSR count). The van der Waals surface area contributed by atoms with Crippen LogP contribution in [0.1, 0.15) is 18.0 Å². The van der Waals surface area contributed by atoms with Gasteiger partial charge in [0.2, 0.25) is 0 Å². The average molecular weight is 397 g/mol. The van der Waals surface area contributed by atoms with Crippen molar-refractivity contribution in [3.63, 3.8) is 0 Å². The smallest absolute Gasteiger partial charge is 0.191 e. The largest absolute Gasteiger partial charge is 0.382 e. The van der Waals surface area contributed by atoms with Crippen LogP contribution >= 0.6 is 0 Å². The molecule has 0 aliphatic carbocycles. The Hall–Kier alpha value is -1.74. The van der Waals surface area contributed by atoms with Crippen molar-refractivity contribution in [1.82, 2.24) is 15.5 Å². The van der Waals surface area contributed by atoms with Crippen molar-refractivity contribution in [2.45, 2.75) is 12.5 Å². The van der Waals surface area contributed by atoms with Crippen LogP contribution in [0, 0.1) is 5.82 Å². The van der Waals surface area contributed by atoms with Crippen molar-refractivity contribution in [3.8, 4) is 0 Å². The van der Waals surface area contributed by atoms with Crippen LogP contribution in [0.25, 0.3) is 0 Å². The van der Waals surface area contributed by atoms with E-state index in [4.69, 9.17) is 14.2 Å². The minimum atomic E-state index is -0.220. The van der Waals surface area contributed by atoms with Crippen LogP contribution in [-0.2, 0) is 14.2 Å². The molecule has 0 aromatic heterocycles. The highest BCUT2D eigenvalue weighted by atomic mass is 19.1. The molecule has 0 spiro atoms. The predicted molar refractivity (Wildman–Crippen MR) is 108 cm³/mol. The predicted octanol–water partition coefficient (Wildman–Crippen LogP) is 1.42. The molecule has 1 heterocycles. The molecule has 2 N–H and O–H groups in total. The summed E-state index contributed by atoms with van der Waals surface area (Å²) in [4.78, 5) is 6.65. The van der Waals surface area contributed by atoms with Crippen LogP contribution in [0.2, 0.25) is 0 Å². The Bertz CT molecular complexity index is 565. The van der Waals surface area contributed by atoms with Crippen LogP contribution in [0.5, 0.6) is 0 Å². The van der Waals surface area contributed by atoms with E-state index in [1.165, 1.54) is 12.1 Å². The topological polar surface area (TPSA) is 67.4 Å². The fourth-order valence-corrected chi connectivity index (χ4v) is 3.07. The van der Waals surface area contributed by atoms with E-state index in [0.717, 1.165) is 37.6 Å². The van der Waals surface area contributed by atoms with Gasteiger partial charge in [-0.2, -0.15) is 0 Å². The summed E-state index contributed by atoms with van der Waals surface area (Å²) in [6.07, 6.45) is 0.884. The van der Waals surface area contributed by atoms with Gasteiger partial charge in [0, 0.05) is 46.9 Å². The van der Waals surface area contributed by atoms with Crippen LogP contribution < -0.4 is 10.6 Å². The summed E-state index contributed by atoms with van der Waals surface area (Å²) < 4.78 is 29.2. The van der Waals surface area contributed by atoms with E-state index in [0.29, 0.717) is 39.6 Å². The van der Waals surface area contributed by atoms with Gasteiger partial charge in [0.1, 0.15) is 5.82 Å². The second-order valence-electron chi connectivity index (χ2n) is 6.55. The Morgan fingerprint density at radius 1 is 1.18 bits per heavy atom. The molecule has 1 aromatic rings. The normalized spacial score (nSPS) is 16.8. The Balaban J connectivity index is 1.82. The molecule has 158 valence electrons. The van der Waals surface area contributed by atoms with Gasteiger partial charge in [0.15, 0.2) is 5.96 Å². The maximum absolute atomic E-state index is 13.3. The molecule has 28 heavy (non-hydrogen) atoms. The van der Waals surface area contributed by atoms with E-state index in [1.807, 2.05) is 12.1 Å². The summed E-state index contributed by atoms with van der Waals surface area (Å²) in [6.45, 7) is 6.50. The number of benzene rings is 1. The summed E-state index contributed by atoms with van der Waals surface area (Å²) in [7, 11) is 3.42. The lowest BCUT2D eigenvalue weighted by atomic mass is 10.0. The van der Waals surface area contributed by atoms with E-state index in [9.17, 15) is 4.39 Å². The molecular weight excluding hydrogens is 363 g/mol. The molecule has 1 fully saturated rings. The number of nitrogens with one attached hydrogen (secondary N) is 2.